The van der Waals surface area contributed by atoms with Gasteiger partial charge in [-0.05, 0) is 37.4 Å². The highest BCUT2D eigenvalue weighted by Crippen LogP contribution is 2.35. The summed E-state index contributed by atoms with van der Waals surface area (Å²) in [7, 11) is 0. The fraction of sp³-hybridized carbons (Fsp3) is 0.625. The molecule has 2 rings (SSSR count). The standard InChI is InChI=1S/C16H21F3N2O2/c1-2-6-15(14(22)23)7-3-8-21(11-15)10-12-4-5-13(20-9-12)16(17,18)19/h4-5,9H,2-3,6-8,10-11H2,1H3,(H,22,23)/t15-/m1/s1. The number of pyridine rings is 1. The first-order valence-corrected chi connectivity index (χ1v) is 7.75. The van der Waals surface area contributed by atoms with Crippen molar-refractivity contribution in [3.63, 3.8) is 0 Å². The summed E-state index contributed by atoms with van der Waals surface area (Å²) in [5, 5.41) is 9.57. The Morgan fingerprint density at radius 2 is 2.17 bits per heavy atom. The smallest absolute Gasteiger partial charge is 0.433 e. The van der Waals surface area contributed by atoms with Gasteiger partial charge in [-0.25, -0.2) is 0 Å². The number of likely N-dealkylation sites (tertiary alicyclic amines) is 1. The molecule has 0 unspecified atom stereocenters. The van der Waals surface area contributed by atoms with Gasteiger partial charge in [0.05, 0.1) is 5.41 Å². The molecule has 1 aliphatic heterocycles. The molecule has 1 saturated heterocycles. The van der Waals surface area contributed by atoms with Crippen LogP contribution in [0.5, 0.6) is 0 Å². The summed E-state index contributed by atoms with van der Waals surface area (Å²) in [5.41, 5.74) is -0.992. The Morgan fingerprint density at radius 1 is 1.43 bits per heavy atom. The van der Waals surface area contributed by atoms with Crippen molar-refractivity contribution in [2.75, 3.05) is 13.1 Å². The summed E-state index contributed by atoms with van der Waals surface area (Å²) in [6.07, 6.45) is -0.382. The van der Waals surface area contributed by atoms with E-state index in [-0.39, 0.29) is 0 Å². The monoisotopic (exact) mass is 330 g/mol. The van der Waals surface area contributed by atoms with E-state index in [1.54, 1.807) is 0 Å². The molecule has 2 heterocycles. The van der Waals surface area contributed by atoms with Crippen LogP contribution in [0.15, 0.2) is 18.3 Å². The number of carbonyl (C=O) groups is 1. The van der Waals surface area contributed by atoms with Crippen LogP contribution >= 0.6 is 0 Å². The zero-order valence-electron chi connectivity index (χ0n) is 13.1. The first-order valence-electron chi connectivity index (χ1n) is 7.75. The van der Waals surface area contributed by atoms with Gasteiger partial charge in [-0.15, -0.1) is 0 Å². The molecule has 1 atom stereocenters. The van der Waals surface area contributed by atoms with E-state index in [0.717, 1.165) is 25.5 Å². The van der Waals surface area contributed by atoms with E-state index in [1.807, 2.05) is 11.8 Å². The van der Waals surface area contributed by atoms with Gasteiger partial charge in [0.15, 0.2) is 0 Å². The Balaban J connectivity index is 2.06. The molecule has 7 heteroatoms. The fourth-order valence-corrected chi connectivity index (χ4v) is 3.27. The quantitative estimate of drug-likeness (QED) is 0.897. The fourth-order valence-electron chi connectivity index (χ4n) is 3.27. The summed E-state index contributed by atoms with van der Waals surface area (Å²) >= 11 is 0. The van der Waals surface area contributed by atoms with Crippen molar-refractivity contribution < 1.29 is 23.1 Å². The van der Waals surface area contributed by atoms with Crippen LogP contribution in [0.3, 0.4) is 0 Å². The second-order valence-electron chi connectivity index (χ2n) is 6.20. The van der Waals surface area contributed by atoms with Crippen molar-refractivity contribution in [3.05, 3.63) is 29.6 Å². The summed E-state index contributed by atoms with van der Waals surface area (Å²) in [6, 6.07) is 2.38. The number of carboxylic acids is 1. The van der Waals surface area contributed by atoms with Gasteiger partial charge in [0.2, 0.25) is 0 Å². The van der Waals surface area contributed by atoms with E-state index in [0.29, 0.717) is 31.5 Å². The maximum atomic E-state index is 12.5. The molecular weight excluding hydrogens is 309 g/mol. The number of rotatable bonds is 5. The molecule has 0 aromatic carbocycles. The number of hydrogen-bond acceptors (Lipinski definition) is 3. The predicted molar refractivity (Wildman–Crippen MR) is 78.7 cm³/mol. The lowest BCUT2D eigenvalue weighted by Gasteiger charge is -2.40. The van der Waals surface area contributed by atoms with Gasteiger partial charge in [-0.3, -0.25) is 14.7 Å². The van der Waals surface area contributed by atoms with Crippen LogP contribution in [0.4, 0.5) is 13.2 Å². The Hall–Kier alpha value is -1.63. The number of nitrogens with zero attached hydrogens (tertiary/aromatic N) is 2. The van der Waals surface area contributed by atoms with Crippen LogP contribution in [0, 0.1) is 5.41 Å². The molecule has 0 radical (unpaired) electrons. The van der Waals surface area contributed by atoms with Gasteiger partial charge in [0.1, 0.15) is 5.69 Å². The van der Waals surface area contributed by atoms with Crippen LogP contribution < -0.4 is 0 Å². The molecule has 23 heavy (non-hydrogen) atoms. The summed E-state index contributed by atoms with van der Waals surface area (Å²) in [5.74, 6) is -0.783. The van der Waals surface area contributed by atoms with Crippen LogP contribution in [-0.2, 0) is 17.5 Å². The molecule has 0 saturated carbocycles. The molecule has 1 aliphatic rings. The highest BCUT2D eigenvalue weighted by molar-refractivity contribution is 5.75. The van der Waals surface area contributed by atoms with E-state index in [2.05, 4.69) is 4.98 Å². The third-order valence-electron chi connectivity index (χ3n) is 4.36. The summed E-state index contributed by atoms with van der Waals surface area (Å²) < 4.78 is 37.5. The van der Waals surface area contributed by atoms with Crippen LogP contribution in [-0.4, -0.2) is 34.0 Å². The van der Waals surface area contributed by atoms with E-state index in [4.69, 9.17) is 0 Å². The van der Waals surface area contributed by atoms with Gasteiger partial charge in [0, 0.05) is 19.3 Å². The Bertz CT molecular complexity index is 541. The normalized spacial score (nSPS) is 23.0. The summed E-state index contributed by atoms with van der Waals surface area (Å²) in [4.78, 5) is 17.1. The maximum absolute atomic E-state index is 12.5. The average Bonchev–Trinajstić information content (AvgIpc) is 2.47. The topological polar surface area (TPSA) is 53.4 Å². The molecule has 0 bridgehead atoms. The van der Waals surface area contributed by atoms with Crippen molar-refractivity contribution in [2.24, 2.45) is 5.41 Å². The van der Waals surface area contributed by atoms with Crippen molar-refractivity contribution in [1.82, 2.24) is 9.88 Å². The first kappa shape index (κ1) is 17.7. The molecule has 1 aromatic rings. The SMILES string of the molecule is CCC[C@@]1(C(=O)O)CCCN(Cc2ccc(C(F)(F)F)nc2)C1. The Kier molecular flexibility index (Phi) is 5.29. The molecule has 0 aliphatic carbocycles. The Morgan fingerprint density at radius 3 is 2.70 bits per heavy atom. The van der Waals surface area contributed by atoms with Crippen LogP contribution in [0.1, 0.15) is 43.9 Å². The minimum atomic E-state index is -4.44. The zero-order chi connectivity index (χ0) is 17.1. The molecule has 0 amide bonds. The van der Waals surface area contributed by atoms with E-state index >= 15 is 0 Å². The first-order chi connectivity index (χ1) is 10.8. The molecule has 1 fully saturated rings. The number of carboxylic acid groups (broad SMARTS) is 1. The van der Waals surface area contributed by atoms with Crippen LogP contribution in [0.25, 0.3) is 0 Å². The predicted octanol–water partition coefficient (Wildman–Crippen LogP) is 3.57. The number of aromatic nitrogens is 1. The van der Waals surface area contributed by atoms with E-state index in [1.165, 1.54) is 12.3 Å². The average molecular weight is 330 g/mol. The lowest BCUT2D eigenvalue weighted by molar-refractivity contribution is -0.153. The largest absolute Gasteiger partial charge is 0.481 e. The molecular formula is C16H21F3N2O2. The third kappa shape index (κ3) is 4.22. The van der Waals surface area contributed by atoms with Gasteiger partial charge < -0.3 is 5.11 Å². The third-order valence-corrected chi connectivity index (χ3v) is 4.36. The molecule has 1 N–H and O–H groups in total. The van der Waals surface area contributed by atoms with Crippen molar-refractivity contribution in [3.8, 4) is 0 Å². The van der Waals surface area contributed by atoms with Crippen molar-refractivity contribution >= 4 is 5.97 Å². The van der Waals surface area contributed by atoms with Gasteiger partial charge in [-0.1, -0.05) is 19.4 Å². The number of hydrogen-bond donors (Lipinski definition) is 1. The van der Waals surface area contributed by atoms with Gasteiger partial charge >= 0.3 is 12.1 Å². The minimum absolute atomic E-state index is 0.421. The van der Waals surface area contributed by atoms with Crippen molar-refractivity contribution in [2.45, 2.75) is 45.3 Å². The number of halogens is 3. The van der Waals surface area contributed by atoms with Crippen molar-refractivity contribution in [1.29, 1.82) is 0 Å². The lowest BCUT2D eigenvalue weighted by Crippen LogP contribution is -2.47. The lowest BCUT2D eigenvalue weighted by atomic mass is 9.76. The number of aliphatic carboxylic acids is 1. The molecule has 128 valence electrons. The van der Waals surface area contributed by atoms with E-state index < -0.39 is 23.3 Å². The summed E-state index contributed by atoms with van der Waals surface area (Å²) in [6.45, 7) is 3.56. The van der Waals surface area contributed by atoms with Gasteiger partial charge in [-0.2, -0.15) is 13.2 Å². The molecule has 4 nitrogen and oxygen atoms in total. The second kappa shape index (κ2) is 6.86. The van der Waals surface area contributed by atoms with E-state index in [9.17, 15) is 23.1 Å². The molecule has 0 spiro atoms. The second-order valence-corrected chi connectivity index (χ2v) is 6.20. The van der Waals surface area contributed by atoms with Gasteiger partial charge in [0.25, 0.3) is 0 Å². The number of piperidine rings is 1. The molecule has 1 aromatic heterocycles. The van der Waals surface area contributed by atoms with Crippen LogP contribution in [0.2, 0.25) is 0 Å². The minimum Gasteiger partial charge on any atom is -0.481 e. The zero-order valence-corrected chi connectivity index (χ0v) is 13.1. The number of alkyl halides is 3. The highest BCUT2D eigenvalue weighted by atomic mass is 19.4. The Labute approximate surface area is 133 Å². The maximum Gasteiger partial charge on any atom is 0.433 e. The highest BCUT2D eigenvalue weighted by Gasteiger charge is 2.41.